The van der Waals surface area contributed by atoms with E-state index in [-0.39, 0.29) is 24.0 Å². The lowest BCUT2D eigenvalue weighted by atomic mass is 10.1. The van der Waals surface area contributed by atoms with Crippen molar-refractivity contribution in [2.45, 2.75) is 17.7 Å². The van der Waals surface area contributed by atoms with Gasteiger partial charge in [-0.15, -0.1) is 0 Å². The number of aromatic nitrogens is 1. The minimum Gasteiger partial charge on any atom is -0.469 e. The van der Waals surface area contributed by atoms with Gasteiger partial charge in [0.05, 0.1) is 19.3 Å². The number of carbonyl (C=O) groups excluding carboxylic acids is 3. The van der Waals surface area contributed by atoms with Crippen molar-refractivity contribution in [2.75, 3.05) is 26.0 Å². The molecular formula is C16H17N3O5S. The number of nitrogens with one attached hydrogen (secondary N) is 1. The minimum atomic E-state index is -0.849. The summed E-state index contributed by atoms with van der Waals surface area (Å²) in [6.07, 6.45) is -0.165. The number of nitrogens with zero attached hydrogens (tertiary/aromatic N) is 2. The number of methoxy groups -OCH3 is 1. The number of oxazole rings is 1. The Kier molecular flexibility index (Phi) is 5.22. The molecule has 1 atom stereocenters. The predicted molar refractivity (Wildman–Crippen MR) is 89.9 cm³/mol. The van der Waals surface area contributed by atoms with E-state index in [4.69, 9.17) is 4.42 Å². The average Bonchev–Trinajstić information content (AvgIpc) is 3.04. The highest BCUT2D eigenvalue weighted by atomic mass is 32.2. The maximum atomic E-state index is 12.5. The molecule has 1 aromatic heterocycles. The quantitative estimate of drug-likeness (QED) is 0.619. The first-order valence-corrected chi connectivity index (χ1v) is 8.69. The van der Waals surface area contributed by atoms with Gasteiger partial charge in [0.25, 0.3) is 5.22 Å². The molecule has 1 fully saturated rings. The molecule has 8 nitrogen and oxygen atoms in total. The van der Waals surface area contributed by atoms with E-state index >= 15 is 0 Å². The van der Waals surface area contributed by atoms with Gasteiger partial charge in [-0.05, 0) is 12.1 Å². The largest absolute Gasteiger partial charge is 0.469 e. The van der Waals surface area contributed by atoms with E-state index in [9.17, 15) is 14.4 Å². The summed E-state index contributed by atoms with van der Waals surface area (Å²) in [6, 6.07) is 6.48. The molecule has 2 aromatic rings. The van der Waals surface area contributed by atoms with Crippen LogP contribution in [-0.2, 0) is 19.1 Å². The molecule has 0 bridgehead atoms. The predicted octanol–water partition coefficient (Wildman–Crippen LogP) is 0.810. The molecule has 2 heterocycles. The molecule has 2 amide bonds. The van der Waals surface area contributed by atoms with Crippen molar-refractivity contribution in [1.82, 2.24) is 15.2 Å². The van der Waals surface area contributed by atoms with Crippen LogP contribution < -0.4 is 5.32 Å². The molecule has 1 aromatic carbocycles. The van der Waals surface area contributed by atoms with Crippen LogP contribution in [0.15, 0.2) is 33.9 Å². The van der Waals surface area contributed by atoms with Crippen LogP contribution in [0.2, 0.25) is 0 Å². The Bertz CT molecular complexity index is 773. The van der Waals surface area contributed by atoms with Gasteiger partial charge in [-0.25, -0.2) is 4.98 Å². The van der Waals surface area contributed by atoms with Crippen LogP contribution in [0.5, 0.6) is 0 Å². The summed E-state index contributed by atoms with van der Waals surface area (Å²) in [7, 11) is 1.25. The van der Waals surface area contributed by atoms with Crippen LogP contribution in [0.4, 0.5) is 0 Å². The lowest BCUT2D eigenvalue weighted by molar-refractivity contribution is -0.149. The summed E-state index contributed by atoms with van der Waals surface area (Å²) in [6.45, 7) is 0.705. The summed E-state index contributed by atoms with van der Waals surface area (Å²) in [5.41, 5.74) is 1.37. The van der Waals surface area contributed by atoms with Gasteiger partial charge in [-0.1, -0.05) is 23.9 Å². The number of ether oxygens (including phenoxy) is 1. The van der Waals surface area contributed by atoms with E-state index in [1.54, 1.807) is 6.07 Å². The molecule has 25 heavy (non-hydrogen) atoms. The number of fused-ring (bicyclic) bond motifs is 1. The fraction of sp³-hybridized carbons (Fsp3) is 0.375. The number of hydrogen-bond donors (Lipinski definition) is 1. The van der Waals surface area contributed by atoms with Gasteiger partial charge >= 0.3 is 5.97 Å². The van der Waals surface area contributed by atoms with Crippen LogP contribution >= 0.6 is 11.8 Å². The van der Waals surface area contributed by atoms with Gasteiger partial charge in [0, 0.05) is 13.1 Å². The number of para-hydroxylation sites is 2. The average molecular weight is 363 g/mol. The lowest BCUT2D eigenvalue weighted by Gasteiger charge is -2.34. The van der Waals surface area contributed by atoms with E-state index in [0.717, 1.165) is 17.3 Å². The van der Waals surface area contributed by atoms with Crippen LogP contribution in [-0.4, -0.2) is 59.7 Å². The third-order valence-corrected chi connectivity index (χ3v) is 4.65. The van der Waals surface area contributed by atoms with Crippen LogP contribution in [0.25, 0.3) is 11.1 Å². The first kappa shape index (κ1) is 17.3. The monoisotopic (exact) mass is 363 g/mol. The Morgan fingerprint density at radius 1 is 1.44 bits per heavy atom. The molecule has 0 radical (unpaired) electrons. The van der Waals surface area contributed by atoms with Crippen molar-refractivity contribution >= 4 is 40.6 Å². The molecule has 0 saturated carbocycles. The molecule has 132 valence electrons. The van der Waals surface area contributed by atoms with Crippen molar-refractivity contribution in [3.05, 3.63) is 24.3 Å². The third-order valence-electron chi connectivity index (χ3n) is 3.83. The van der Waals surface area contributed by atoms with Crippen LogP contribution in [0, 0.1) is 0 Å². The number of hydrogen-bond acceptors (Lipinski definition) is 7. The number of piperazine rings is 1. The topological polar surface area (TPSA) is 102 Å². The SMILES string of the molecule is COC(=O)C[C@H]1C(=O)NCCN1C(=O)CSc1nc2ccccc2o1. The highest BCUT2D eigenvalue weighted by Gasteiger charge is 2.35. The van der Waals surface area contributed by atoms with Crippen molar-refractivity contribution in [1.29, 1.82) is 0 Å². The highest BCUT2D eigenvalue weighted by molar-refractivity contribution is 7.99. The van der Waals surface area contributed by atoms with Gasteiger partial charge < -0.3 is 19.4 Å². The van der Waals surface area contributed by atoms with E-state index < -0.39 is 12.0 Å². The minimum absolute atomic E-state index is 0.0672. The Morgan fingerprint density at radius 3 is 3.00 bits per heavy atom. The molecule has 0 spiro atoms. The van der Waals surface area contributed by atoms with Crippen LogP contribution in [0.1, 0.15) is 6.42 Å². The van der Waals surface area contributed by atoms with Crippen molar-refractivity contribution in [2.24, 2.45) is 0 Å². The second-order valence-electron chi connectivity index (χ2n) is 5.41. The summed E-state index contributed by atoms with van der Waals surface area (Å²) < 4.78 is 10.2. The van der Waals surface area contributed by atoms with Gasteiger partial charge in [-0.2, -0.15) is 0 Å². The van der Waals surface area contributed by atoms with Crippen molar-refractivity contribution in [3.8, 4) is 0 Å². The van der Waals surface area contributed by atoms with E-state index in [2.05, 4.69) is 15.0 Å². The maximum absolute atomic E-state index is 12.5. The lowest BCUT2D eigenvalue weighted by Crippen LogP contribution is -2.58. The number of amides is 2. The number of benzene rings is 1. The van der Waals surface area contributed by atoms with Crippen molar-refractivity contribution in [3.63, 3.8) is 0 Å². The third kappa shape index (κ3) is 3.93. The molecule has 1 aliphatic rings. The van der Waals surface area contributed by atoms with E-state index in [1.807, 2.05) is 18.2 Å². The number of rotatable bonds is 5. The number of thioether (sulfide) groups is 1. The second-order valence-corrected chi connectivity index (χ2v) is 6.34. The molecule has 9 heteroatoms. The van der Waals surface area contributed by atoms with E-state index in [0.29, 0.717) is 23.9 Å². The molecular weight excluding hydrogens is 346 g/mol. The smallest absolute Gasteiger partial charge is 0.308 e. The summed E-state index contributed by atoms with van der Waals surface area (Å²) >= 11 is 1.16. The summed E-state index contributed by atoms with van der Waals surface area (Å²) in [4.78, 5) is 41.7. The van der Waals surface area contributed by atoms with Gasteiger partial charge in [0.15, 0.2) is 5.58 Å². The Labute approximate surface area is 147 Å². The zero-order chi connectivity index (χ0) is 17.8. The normalized spacial score (nSPS) is 17.4. The molecule has 1 saturated heterocycles. The van der Waals surface area contributed by atoms with Crippen molar-refractivity contribution < 1.29 is 23.5 Å². The van der Waals surface area contributed by atoms with E-state index in [1.165, 1.54) is 12.0 Å². The Balaban J connectivity index is 1.65. The second kappa shape index (κ2) is 7.56. The fourth-order valence-corrected chi connectivity index (χ4v) is 3.30. The number of carbonyl (C=O) groups is 3. The molecule has 3 rings (SSSR count). The summed E-state index contributed by atoms with van der Waals surface area (Å²) in [5, 5.41) is 3.05. The number of esters is 1. The zero-order valence-electron chi connectivity index (χ0n) is 13.6. The zero-order valence-corrected chi connectivity index (χ0v) is 14.4. The Morgan fingerprint density at radius 2 is 2.24 bits per heavy atom. The first-order chi connectivity index (χ1) is 12.1. The fourth-order valence-electron chi connectivity index (χ4n) is 2.58. The van der Waals surface area contributed by atoms with Gasteiger partial charge in [-0.3, -0.25) is 14.4 Å². The maximum Gasteiger partial charge on any atom is 0.308 e. The molecule has 0 unspecified atom stereocenters. The highest BCUT2D eigenvalue weighted by Crippen LogP contribution is 2.24. The summed E-state index contributed by atoms with van der Waals surface area (Å²) in [5.74, 6) is -1.07. The molecule has 0 aliphatic carbocycles. The molecule has 1 N–H and O–H groups in total. The van der Waals surface area contributed by atoms with Gasteiger partial charge in [0.2, 0.25) is 11.8 Å². The first-order valence-electron chi connectivity index (χ1n) is 7.71. The Hall–Kier alpha value is -2.55. The van der Waals surface area contributed by atoms with Crippen LogP contribution in [0.3, 0.4) is 0 Å². The standard InChI is InChI=1S/C16H17N3O5S/c1-23-14(21)8-11-15(22)17-6-7-19(11)13(20)9-25-16-18-10-4-2-3-5-12(10)24-16/h2-5,11H,6-9H2,1H3,(H,17,22)/t11-/m0/s1. The molecule has 1 aliphatic heterocycles. The van der Waals surface area contributed by atoms with Gasteiger partial charge in [0.1, 0.15) is 11.6 Å².